The SMILES string of the molecule is Cc1ccc(C)c(N2CCN(C(=O)[C@@H]3CNCC[C@H]3c3ccccc3)CC2)c1.Cl. The van der Waals surface area contributed by atoms with Crippen LogP contribution in [0.3, 0.4) is 0 Å². The molecular formula is C24H32ClN3O. The number of hydrogen-bond acceptors (Lipinski definition) is 3. The van der Waals surface area contributed by atoms with Gasteiger partial charge in [0.25, 0.3) is 0 Å². The minimum absolute atomic E-state index is 0. The summed E-state index contributed by atoms with van der Waals surface area (Å²) in [4.78, 5) is 17.9. The molecule has 0 aliphatic carbocycles. The number of carbonyl (C=O) groups excluding carboxylic acids is 1. The number of rotatable bonds is 3. The quantitative estimate of drug-likeness (QED) is 0.831. The lowest BCUT2D eigenvalue weighted by Gasteiger charge is -2.40. The summed E-state index contributed by atoms with van der Waals surface area (Å²) in [6.07, 6.45) is 1.03. The normalized spacial score (nSPS) is 22.1. The molecule has 2 aromatic carbocycles. The van der Waals surface area contributed by atoms with Crippen LogP contribution in [0.25, 0.3) is 0 Å². The van der Waals surface area contributed by atoms with Gasteiger partial charge in [-0.25, -0.2) is 0 Å². The van der Waals surface area contributed by atoms with Gasteiger partial charge in [-0.1, -0.05) is 42.5 Å². The predicted octanol–water partition coefficient (Wildman–Crippen LogP) is 3.77. The Bertz CT molecular complexity index is 818. The molecule has 2 heterocycles. The predicted molar refractivity (Wildman–Crippen MR) is 122 cm³/mol. The zero-order chi connectivity index (χ0) is 19.5. The largest absolute Gasteiger partial charge is 0.368 e. The van der Waals surface area contributed by atoms with Crippen molar-refractivity contribution >= 4 is 24.0 Å². The second-order valence-electron chi connectivity index (χ2n) is 8.22. The molecule has 0 unspecified atom stereocenters. The van der Waals surface area contributed by atoms with E-state index in [1.54, 1.807) is 0 Å². The van der Waals surface area contributed by atoms with Gasteiger partial charge in [-0.3, -0.25) is 4.79 Å². The number of hydrogen-bond donors (Lipinski definition) is 1. The van der Waals surface area contributed by atoms with Crippen LogP contribution >= 0.6 is 12.4 Å². The molecule has 0 spiro atoms. The molecule has 156 valence electrons. The van der Waals surface area contributed by atoms with E-state index in [1.807, 2.05) is 6.07 Å². The average Bonchev–Trinajstić information content (AvgIpc) is 2.76. The van der Waals surface area contributed by atoms with Gasteiger partial charge in [0, 0.05) is 38.4 Å². The Morgan fingerprint density at radius 2 is 1.72 bits per heavy atom. The molecule has 0 aromatic heterocycles. The lowest BCUT2D eigenvalue weighted by molar-refractivity contribution is -0.137. The van der Waals surface area contributed by atoms with E-state index in [2.05, 4.69) is 71.4 Å². The molecule has 4 rings (SSSR count). The topological polar surface area (TPSA) is 35.6 Å². The van der Waals surface area contributed by atoms with Crippen molar-refractivity contribution in [1.82, 2.24) is 10.2 Å². The molecule has 5 heteroatoms. The average molecular weight is 414 g/mol. The van der Waals surface area contributed by atoms with E-state index in [-0.39, 0.29) is 18.3 Å². The van der Waals surface area contributed by atoms with Crippen LogP contribution in [0.2, 0.25) is 0 Å². The van der Waals surface area contributed by atoms with Crippen molar-refractivity contribution in [3.05, 3.63) is 65.2 Å². The van der Waals surface area contributed by atoms with E-state index < -0.39 is 0 Å². The molecule has 2 aromatic rings. The first-order valence-corrected chi connectivity index (χ1v) is 10.5. The van der Waals surface area contributed by atoms with Crippen LogP contribution in [0.5, 0.6) is 0 Å². The van der Waals surface area contributed by atoms with Crippen molar-refractivity contribution in [3.63, 3.8) is 0 Å². The monoisotopic (exact) mass is 413 g/mol. The van der Waals surface area contributed by atoms with E-state index in [9.17, 15) is 4.79 Å². The third kappa shape index (κ3) is 4.76. The van der Waals surface area contributed by atoms with Crippen LogP contribution in [0.4, 0.5) is 5.69 Å². The summed E-state index contributed by atoms with van der Waals surface area (Å²) < 4.78 is 0. The van der Waals surface area contributed by atoms with E-state index >= 15 is 0 Å². The van der Waals surface area contributed by atoms with Gasteiger partial charge in [-0.05, 0) is 55.5 Å². The maximum absolute atomic E-state index is 13.4. The summed E-state index contributed by atoms with van der Waals surface area (Å²) in [5, 5.41) is 3.44. The number of anilines is 1. The fraction of sp³-hybridized carbons (Fsp3) is 0.458. The Labute approximate surface area is 180 Å². The molecule has 0 radical (unpaired) electrons. The van der Waals surface area contributed by atoms with Crippen molar-refractivity contribution in [2.45, 2.75) is 26.2 Å². The summed E-state index contributed by atoms with van der Waals surface area (Å²) in [6.45, 7) is 9.53. The number of amides is 1. The van der Waals surface area contributed by atoms with Crippen LogP contribution in [0.15, 0.2) is 48.5 Å². The smallest absolute Gasteiger partial charge is 0.227 e. The standard InChI is InChI=1S/C24H31N3O.ClH/c1-18-8-9-19(2)23(16-18)26-12-14-27(15-13-26)24(28)22-17-25-11-10-21(22)20-6-4-3-5-7-20;/h3-9,16,21-22,25H,10-15,17H2,1-2H3;1H/t21-,22+;/m0./s1. The zero-order valence-electron chi connectivity index (χ0n) is 17.4. The van der Waals surface area contributed by atoms with Crippen LogP contribution < -0.4 is 10.2 Å². The fourth-order valence-electron chi connectivity index (χ4n) is 4.68. The van der Waals surface area contributed by atoms with Gasteiger partial charge in [-0.2, -0.15) is 0 Å². The van der Waals surface area contributed by atoms with E-state index in [0.717, 1.165) is 45.7 Å². The summed E-state index contributed by atoms with van der Waals surface area (Å²) in [7, 11) is 0. The van der Waals surface area contributed by atoms with Gasteiger partial charge in [0.05, 0.1) is 5.92 Å². The second kappa shape index (κ2) is 9.64. The third-order valence-electron chi connectivity index (χ3n) is 6.32. The Hall–Kier alpha value is -2.04. The van der Waals surface area contributed by atoms with E-state index in [1.165, 1.54) is 22.4 Å². The highest BCUT2D eigenvalue weighted by atomic mass is 35.5. The van der Waals surface area contributed by atoms with Crippen LogP contribution in [-0.4, -0.2) is 50.1 Å². The number of piperidine rings is 1. The van der Waals surface area contributed by atoms with Gasteiger partial charge < -0.3 is 15.1 Å². The number of aryl methyl sites for hydroxylation is 2. The van der Waals surface area contributed by atoms with Gasteiger partial charge >= 0.3 is 0 Å². The zero-order valence-corrected chi connectivity index (χ0v) is 18.3. The van der Waals surface area contributed by atoms with Crippen molar-refractivity contribution in [1.29, 1.82) is 0 Å². The number of carbonyl (C=O) groups is 1. The summed E-state index contributed by atoms with van der Waals surface area (Å²) in [5.74, 6) is 0.692. The molecule has 0 saturated carbocycles. The molecule has 2 atom stereocenters. The van der Waals surface area contributed by atoms with Crippen molar-refractivity contribution in [2.24, 2.45) is 5.92 Å². The molecule has 4 nitrogen and oxygen atoms in total. The molecule has 2 fully saturated rings. The van der Waals surface area contributed by atoms with Crippen LogP contribution in [0, 0.1) is 19.8 Å². The molecule has 2 aliphatic rings. The highest BCUT2D eigenvalue weighted by Gasteiger charge is 2.35. The summed E-state index contributed by atoms with van der Waals surface area (Å²) in [5.41, 5.74) is 5.22. The van der Waals surface area contributed by atoms with Crippen LogP contribution in [0.1, 0.15) is 29.0 Å². The van der Waals surface area contributed by atoms with Crippen molar-refractivity contribution < 1.29 is 4.79 Å². The number of halogens is 1. The van der Waals surface area contributed by atoms with Gasteiger partial charge in [0.2, 0.25) is 5.91 Å². The first-order valence-electron chi connectivity index (χ1n) is 10.5. The maximum atomic E-state index is 13.4. The molecule has 0 bridgehead atoms. The molecule has 1 N–H and O–H groups in total. The van der Waals surface area contributed by atoms with E-state index in [0.29, 0.717) is 11.8 Å². The van der Waals surface area contributed by atoms with E-state index in [4.69, 9.17) is 0 Å². The highest BCUT2D eigenvalue weighted by molar-refractivity contribution is 5.85. The summed E-state index contributed by atoms with van der Waals surface area (Å²) in [6, 6.07) is 17.2. The van der Waals surface area contributed by atoms with Crippen LogP contribution in [-0.2, 0) is 4.79 Å². The minimum Gasteiger partial charge on any atom is -0.368 e. The maximum Gasteiger partial charge on any atom is 0.227 e. The lowest BCUT2D eigenvalue weighted by Crippen LogP contribution is -2.53. The molecule has 1 amide bonds. The fourth-order valence-corrected chi connectivity index (χ4v) is 4.68. The Morgan fingerprint density at radius 1 is 1.00 bits per heavy atom. The Balaban J connectivity index is 0.00000240. The number of nitrogens with zero attached hydrogens (tertiary/aromatic N) is 2. The van der Waals surface area contributed by atoms with Crippen molar-refractivity contribution in [2.75, 3.05) is 44.2 Å². The minimum atomic E-state index is 0. The number of nitrogens with one attached hydrogen (secondary N) is 1. The Kier molecular flexibility index (Phi) is 7.20. The first-order chi connectivity index (χ1) is 13.6. The van der Waals surface area contributed by atoms with Gasteiger partial charge in [0.15, 0.2) is 0 Å². The molecule has 2 aliphatic heterocycles. The molecule has 29 heavy (non-hydrogen) atoms. The summed E-state index contributed by atoms with van der Waals surface area (Å²) >= 11 is 0. The third-order valence-corrected chi connectivity index (χ3v) is 6.32. The Morgan fingerprint density at radius 3 is 2.45 bits per heavy atom. The highest BCUT2D eigenvalue weighted by Crippen LogP contribution is 2.32. The lowest BCUT2D eigenvalue weighted by atomic mass is 9.80. The van der Waals surface area contributed by atoms with Gasteiger partial charge in [0.1, 0.15) is 0 Å². The molecule has 2 saturated heterocycles. The van der Waals surface area contributed by atoms with Crippen molar-refractivity contribution in [3.8, 4) is 0 Å². The number of piperazine rings is 1. The van der Waals surface area contributed by atoms with Gasteiger partial charge in [-0.15, -0.1) is 12.4 Å². The number of benzene rings is 2. The second-order valence-corrected chi connectivity index (χ2v) is 8.22. The molecular weight excluding hydrogens is 382 g/mol. The first kappa shape index (κ1) is 21.7.